The number of nitrogens with zero attached hydrogens (tertiary/aromatic N) is 1. The number of thiophene rings is 1. The van der Waals surface area contributed by atoms with Crippen LogP contribution in [0, 0.1) is 0 Å². The zero-order valence-corrected chi connectivity index (χ0v) is 16.9. The van der Waals surface area contributed by atoms with Crippen molar-refractivity contribution in [1.29, 1.82) is 0 Å². The number of methoxy groups -OCH3 is 3. The lowest BCUT2D eigenvalue weighted by atomic mass is 10.1. The molecule has 2 aromatic rings. The molecule has 0 saturated carbocycles. The van der Waals surface area contributed by atoms with Crippen LogP contribution in [0.1, 0.15) is 10.4 Å². The van der Waals surface area contributed by atoms with Crippen LogP contribution < -0.4 is 14.2 Å². The second-order valence-electron chi connectivity index (χ2n) is 5.19. The summed E-state index contributed by atoms with van der Waals surface area (Å²) in [4.78, 5) is 15.1. The molecule has 134 valence electrons. The highest BCUT2D eigenvalue weighted by Gasteiger charge is 2.13. The first-order valence-corrected chi connectivity index (χ1v) is 9.06. The molecule has 2 rings (SSSR count). The average molecular weight is 426 g/mol. The highest BCUT2D eigenvalue weighted by atomic mass is 79.9. The normalized spacial score (nSPS) is 10.8. The van der Waals surface area contributed by atoms with Gasteiger partial charge in [-0.25, -0.2) is 0 Å². The van der Waals surface area contributed by atoms with Crippen molar-refractivity contribution in [2.75, 3.05) is 28.4 Å². The van der Waals surface area contributed by atoms with E-state index < -0.39 is 0 Å². The van der Waals surface area contributed by atoms with Crippen molar-refractivity contribution in [2.24, 2.45) is 0 Å². The zero-order valence-electron chi connectivity index (χ0n) is 14.5. The Morgan fingerprint density at radius 1 is 1.16 bits per heavy atom. The first-order valence-electron chi connectivity index (χ1n) is 7.46. The molecule has 0 aliphatic carbocycles. The van der Waals surface area contributed by atoms with Gasteiger partial charge in [0.15, 0.2) is 11.5 Å². The Bertz CT molecular complexity index is 747. The molecule has 25 heavy (non-hydrogen) atoms. The number of likely N-dealkylation sites (N-methyl/N-ethyl adjacent to an activating group) is 1. The Kier molecular flexibility index (Phi) is 6.90. The summed E-state index contributed by atoms with van der Waals surface area (Å²) >= 11 is 5.04. The molecule has 1 aromatic heterocycles. The number of carbonyl (C=O) groups excluding carboxylic acids is 1. The first kappa shape index (κ1) is 19.3. The summed E-state index contributed by atoms with van der Waals surface area (Å²) in [6.07, 6.45) is 3.26. The zero-order chi connectivity index (χ0) is 18.4. The molecular formula is C18H20BrNO4S. The molecule has 7 heteroatoms. The van der Waals surface area contributed by atoms with E-state index in [0.29, 0.717) is 23.8 Å². The number of hydrogen-bond acceptors (Lipinski definition) is 5. The molecule has 0 bridgehead atoms. The van der Waals surface area contributed by atoms with E-state index in [9.17, 15) is 4.79 Å². The van der Waals surface area contributed by atoms with Crippen LogP contribution in [0.4, 0.5) is 0 Å². The third kappa shape index (κ3) is 4.99. The van der Waals surface area contributed by atoms with Crippen LogP contribution in [-0.4, -0.2) is 39.2 Å². The second-order valence-corrected chi connectivity index (χ2v) is 7.74. The van der Waals surface area contributed by atoms with Gasteiger partial charge in [0.1, 0.15) is 0 Å². The molecule has 1 heterocycles. The van der Waals surface area contributed by atoms with Gasteiger partial charge in [-0.2, -0.15) is 0 Å². The number of benzene rings is 1. The van der Waals surface area contributed by atoms with Crippen LogP contribution >= 0.6 is 27.3 Å². The molecule has 0 saturated heterocycles. The minimum Gasteiger partial charge on any atom is -0.493 e. The number of ether oxygens (including phenoxy) is 3. The third-order valence-electron chi connectivity index (χ3n) is 3.50. The van der Waals surface area contributed by atoms with Crippen LogP contribution in [0.2, 0.25) is 0 Å². The van der Waals surface area contributed by atoms with Crippen molar-refractivity contribution in [1.82, 2.24) is 4.90 Å². The van der Waals surface area contributed by atoms with Gasteiger partial charge in [-0.1, -0.05) is 0 Å². The molecule has 1 amide bonds. The average Bonchev–Trinajstić information content (AvgIpc) is 3.03. The fourth-order valence-electron chi connectivity index (χ4n) is 2.24. The van der Waals surface area contributed by atoms with Gasteiger partial charge in [0.25, 0.3) is 0 Å². The van der Waals surface area contributed by atoms with Gasteiger partial charge >= 0.3 is 0 Å². The largest absolute Gasteiger partial charge is 0.493 e. The third-order valence-corrected chi connectivity index (χ3v) is 5.11. The van der Waals surface area contributed by atoms with E-state index in [2.05, 4.69) is 15.9 Å². The monoisotopic (exact) mass is 425 g/mol. The SMILES string of the molecule is COc1cc(/C=C/C(=O)N(C)Cc2ccc(Br)s2)cc(OC)c1OC. The fraction of sp³-hybridized carbons (Fsp3) is 0.278. The summed E-state index contributed by atoms with van der Waals surface area (Å²) in [6, 6.07) is 7.56. The number of carbonyl (C=O) groups is 1. The Morgan fingerprint density at radius 2 is 1.80 bits per heavy atom. The molecule has 5 nitrogen and oxygen atoms in total. The van der Waals surface area contributed by atoms with E-state index in [4.69, 9.17) is 14.2 Å². The maximum absolute atomic E-state index is 12.3. The Hall–Kier alpha value is -1.99. The summed E-state index contributed by atoms with van der Waals surface area (Å²) in [6.45, 7) is 0.564. The molecule has 1 aromatic carbocycles. The topological polar surface area (TPSA) is 48.0 Å². The predicted octanol–water partition coefficient (Wildman–Crippen LogP) is 4.21. The molecule has 0 atom stereocenters. The summed E-state index contributed by atoms with van der Waals surface area (Å²) < 4.78 is 17.0. The minimum absolute atomic E-state index is 0.0849. The van der Waals surface area contributed by atoms with Crippen LogP contribution in [0.5, 0.6) is 17.2 Å². The summed E-state index contributed by atoms with van der Waals surface area (Å²) in [5.74, 6) is 1.53. The van der Waals surface area contributed by atoms with Crippen molar-refractivity contribution in [3.8, 4) is 17.2 Å². The van der Waals surface area contributed by atoms with Crippen LogP contribution in [0.25, 0.3) is 6.08 Å². The molecule has 0 unspecified atom stereocenters. The van der Waals surface area contributed by atoms with Gasteiger partial charge in [-0.3, -0.25) is 4.79 Å². The lowest BCUT2D eigenvalue weighted by Gasteiger charge is -2.14. The van der Waals surface area contributed by atoms with Gasteiger partial charge < -0.3 is 19.1 Å². The highest BCUT2D eigenvalue weighted by molar-refractivity contribution is 9.11. The highest BCUT2D eigenvalue weighted by Crippen LogP contribution is 2.38. The molecule has 0 aliphatic rings. The number of hydrogen-bond donors (Lipinski definition) is 0. The maximum atomic E-state index is 12.3. The quantitative estimate of drug-likeness (QED) is 0.623. The van der Waals surface area contributed by atoms with Crippen LogP contribution in [-0.2, 0) is 11.3 Å². The number of amides is 1. The second kappa shape index (κ2) is 8.92. The van der Waals surface area contributed by atoms with Gasteiger partial charge in [0.05, 0.1) is 31.7 Å². The Balaban J connectivity index is 2.13. The van der Waals surface area contributed by atoms with Crippen molar-refractivity contribution < 1.29 is 19.0 Å². The van der Waals surface area contributed by atoms with E-state index >= 15 is 0 Å². The van der Waals surface area contributed by atoms with E-state index in [1.54, 1.807) is 62.8 Å². The van der Waals surface area contributed by atoms with E-state index in [1.807, 2.05) is 12.1 Å². The van der Waals surface area contributed by atoms with E-state index in [1.165, 1.54) is 6.08 Å². The van der Waals surface area contributed by atoms with Gasteiger partial charge in [-0.05, 0) is 51.8 Å². The summed E-state index contributed by atoms with van der Waals surface area (Å²) in [5.41, 5.74) is 0.787. The van der Waals surface area contributed by atoms with Crippen molar-refractivity contribution in [3.05, 3.63) is 44.6 Å². The fourth-order valence-corrected chi connectivity index (χ4v) is 3.78. The van der Waals surface area contributed by atoms with Crippen LogP contribution in [0.15, 0.2) is 34.1 Å². The maximum Gasteiger partial charge on any atom is 0.246 e. The lowest BCUT2D eigenvalue weighted by Crippen LogP contribution is -2.23. The van der Waals surface area contributed by atoms with Gasteiger partial charge in [-0.15, -0.1) is 11.3 Å². The Morgan fingerprint density at radius 3 is 2.28 bits per heavy atom. The van der Waals surface area contributed by atoms with Gasteiger partial charge in [0.2, 0.25) is 11.7 Å². The van der Waals surface area contributed by atoms with Crippen molar-refractivity contribution in [2.45, 2.75) is 6.54 Å². The predicted molar refractivity (Wildman–Crippen MR) is 104 cm³/mol. The molecule has 0 radical (unpaired) electrons. The first-order chi connectivity index (χ1) is 12.0. The van der Waals surface area contributed by atoms with Crippen molar-refractivity contribution in [3.63, 3.8) is 0 Å². The number of rotatable bonds is 7. The lowest BCUT2D eigenvalue weighted by molar-refractivity contribution is -0.125. The smallest absolute Gasteiger partial charge is 0.246 e. The van der Waals surface area contributed by atoms with E-state index in [0.717, 1.165) is 14.2 Å². The van der Waals surface area contributed by atoms with Crippen molar-refractivity contribution >= 4 is 39.2 Å². The Labute approximate surface area is 159 Å². The van der Waals surface area contributed by atoms with Gasteiger partial charge in [0, 0.05) is 18.0 Å². The summed E-state index contributed by atoms with van der Waals surface area (Å²) in [5, 5.41) is 0. The minimum atomic E-state index is -0.0849. The molecule has 0 N–H and O–H groups in total. The van der Waals surface area contributed by atoms with E-state index in [-0.39, 0.29) is 5.91 Å². The molecule has 0 fully saturated rings. The molecule has 0 aliphatic heterocycles. The van der Waals surface area contributed by atoms with Crippen LogP contribution in [0.3, 0.4) is 0 Å². The molecular weight excluding hydrogens is 406 g/mol. The molecule has 0 spiro atoms. The summed E-state index contributed by atoms with van der Waals surface area (Å²) in [7, 11) is 6.44. The number of halogens is 1. The standard InChI is InChI=1S/C18H20BrNO4S/c1-20(11-13-6-7-16(19)25-13)17(21)8-5-12-9-14(22-2)18(24-4)15(10-12)23-3/h5-10H,11H2,1-4H3/b8-5+.